The van der Waals surface area contributed by atoms with E-state index in [9.17, 15) is 9.59 Å². The Labute approximate surface area is 210 Å². The molecule has 0 unspecified atom stereocenters. The molecule has 0 radical (unpaired) electrons. The quantitative estimate of drug-likeness (QED) is 0.373. The lowest BCUT2D eigenvalue weighted by Crippen LogP contribution is -2.50. The molecular weight excluding hydrogens is 487 g/mol. The van der Waals surface area contributed by atoms with E-state index in [1.54, 1.807) is 29.2 Å². The Kier molecular flexibility index (Phi) is 11.2. The fraction of sp³-hybridized carbons (Fsp3) is 0.417. The summed E-state index contributed by atoms with van der Waals surface area (Å²) < 4.78 is 0. The van der Waals surface area contributed by atoms with Gasteiger partial charge in [-0.1, -0.05) is 79.8 Å². The van der Waals surface area contributed by atoms with Crippen LogP contribution in [0.4, 0.5) is 0 Å². The van der Waals surface area contributed by atoms with Gasteiger partial charge in [0.1, 0.15) is 6.04 Å². The SMILES string of the molecule is CC[C@@H](C(=O)NCC(C)C)N(Cc1ccccc1Cl)C(=O)CSCc1c(Cl)cccc1Cl. The van der Waals surface area contributed by atoms with Gasteiger partial charge >= 0.3 is 0 Å². The predicted molar refractivity (Wildman–Crippen MR) is 137 cm³/mol. The molecule has 0 saturated heterocycles. The van der Waals surface area contributed by atoms with Gasteiger partial charge in [-0.25, -0.2) is 0 Å². The van der Waals surface area contributed by atoms with E-state index in [1.165, 1.54) is 11.8 Å². The molecule has 2 aromatic carbocycles. The largest absolute Gasteiger partial charge is 0.354 e. The van der Waals surface area contributed by atoms with Crippen LogP contribution in [0.3, 0.4) is 0 Å². The van der Waals surface area contributed by atoms with Crippen LogP contribution in [0.1, 0.15) is 38.3 Å². The Balaban J connectivity index is 2.17. The van der Waals surface area contributed by atoms with Crippen molar-refractivity contribution in [2.45, 2.75) is 45.5 Å². The first kappa shape index (κ1) is 26.8. The minimum Gasteiger partial charge on any atom is -0.354 e. The zero-order valence-electron chi connectivity index (χ0n) is 18.5. The number of halogens is 3. The second-order valence-corrected chi connectivity index (χ2v) is 10.1. The van der Waals surface area contributed by atoms with Crippen LogP contribution in [0, 0.1) is 5.92 Å². The fourth-order valence-electron chi connectivity index (χ4n) is 3.15. The van der Waals surface area contributed by atoms with Crippen LogP contribution in [-0.4, -0.2) is 35.1 Å². The summed E-state index contributed by atoms with van der Waals surface area (Å²) >= 11 is 20.3. The van der Waals surface area contributed by atoms with Crippen molar-refractivity contribution in [2.75, 3.05) is 12.3 Å². The highest BCUT2D eigenvalue weighted by Gasteiger charge is 2.29. The molecule has 4 nitrogen and oxygen atoms in total. The van der Waals surface area contributed by atoms with Gasteiger partial charge in [-0.2, -0.15) is 0 Å². The lowest BCUT2D eigenvalue weighted by molar-refractivity contribution is -0.139. The summed E-state index contributed by atoms with van der Waals surface area (Å²) in [4.78, 5) is 27.8. The van der Waals surface area contributed by atoms with Crippen molar-refractivity contribution in [1.82, 2.24) is 10.2 Å². The van der Waals surface area contributed by atoms with Crippen LogP contribution >= 0.6 is 46.6 Å². The Hall–Kier alpha value is -1.40. The highest BCUT2D eigenvalue weighted by atomic mass is 35.5. The second kappa shape index (κ2) is 13.3. The van der Waals surface area contributed by atoms with E-state index in [1.807, 2.05) is 39.0 Å². The zero-order chi connectivity index (χ0) is 23.7. The topological polar surface area (TPSA) is 49.4 Å². The van der Waals surface area contributed by atoms with Crippen molar-refractivity contribution in [2.24, 2.45) is 5.92 Å². The van der Waals surface area contributed by atoms with Crippen molar-refractivity contribution in [3.8, 4) is 0 Å². The fourth-order valence-corrected chi connectivity index (χ4v) is 4.99. The van der Waals surface area contributed by atoms with Gasteiger partial charge in [0, 0.05) is 33.9 Å². The summed E-state index contributed by atoms with van der Waals surface area (Å²) in [6.07, 6.45) is 0.501. The maximum Gasteiger partial charge on any atom is 0.242 e. The van der Waals surface area contributed by atoms with E-state index in [-0.39, 0.29) is 24.1 Å². The molecule has 2 aromatic rings. The van der Waals surface area contributed by atoms with Crippen molar-refractivity contribution >= 4 is 58.4 Å². The Morgan fingerprint density at radius 2 is 1.62 bits per heavy atom. The molecule has 0 aliphatic rings. The summed E-state index contributed by atoms with van der Waals surface area (Å²) in [5, 5.41) is 4.67. The van der Waals surface area contributed by atoms with Gasteiger partial charge < -0.3 is 10.2 Å². The second-order valence-electron chi connectivity index (χ2n) is 7.87. The minimum absolute atomic E-state index is 0.135. The van der Waals surface area contributed by atoms with E-state index < -0.39 is 6.04 Å². The molecule has 174 valence electrons. The number of amides is 2. The Bertz CT molecular complexity index is 904. The Morgan fingerprint density at radius 1 is 1.00 bits per heavy atom. The number of carbonyl (C=O) groups excluding carboxylic acids is 2. The highest BCUT2D eigenvalue weighted by molar-refractivity contribution is 7.99. The molecular formula is C24H29Cl3N2O2S. The molecule has 0 saturated carbocycles. The first-order valence-corrected chi connectivity index (χ1v) is 12.8. The molecule has 8 heteroatoms. The smallest absolute Gasteiger partial charge is 0.242 e. The summed E-state index contributed by atoms with van der Waals surface area (Å²) in [7, 11) is 0. The first-order valence-electron chi connectivity index (χ1n) is 10.6. The van der Waals surface area contributed by atoms with Gasteiger partial charge in [0.05, 0.1) is 5.75 Å². The average molecular weight is 516 g/mol. The third-order valence-corrected chi connectivity index (χ3v) is 6.92. The monoisotopic (exact) mass is 514 g/mol. The van der Waals surface area contributed by atoms with E-state index in [0.29, 0.717) is 39.7 Å². The molecule has 0 bridgehead atoms. The van der Waals surface area contributed by atoms with Gasteiger partial charge in [-0.05, 0) is 41.7 Å². The average Bonchev–Trinajstić information content (AvgIpc) is 2.75. The van der Waals surface area contributed by atoms with Gasteiger partial charge in [0.25, 0.3) is 0 Å². The molecule has 0 fully saturated rings. The molecule has 32 heavy (non-hydrogen) atoms. The standard InChI is InChI=1S/C24H29Cl3N2O2S/c1-4-22(24(31)28-12-16(2)3)29(13-17-8-5-6-9-19(17)25)23(30)15-32-14-18-20(26)10-7-11-21(18)27/h5-11,16,22H,4,12-15H2,1-3H3,(H,28,31)/t22-/m0/s1. The van der Waals surface area contributed by atoms with Crippen LogP contribution in [0.5, 0.6) is 0 Å². The number of hydrogen-bond acceptors (Lipinski definition) is 3. The minimum atomic E-state index is -0.581. The normalized spacial score (nSPS) is 12.0. The molecule has 2 amide bonds. The molecule has 0 aliphatic heterocycles. The van der Waals surface area contributed by atoms with Crippen LogP contribution in [0.25, 0.3) is 0 Å². The molecule has 0 aliphatic carbocycles. The molecule has 1 N–H and O–H groups in total. The number of benzene rings is 2. The predicted octanol–water partition coefficient (Wildman–Crippen LogP) is 6.46. The maximum absolute atomic E-state index is 13.3. The van der Waals surface area contributed by atoms with Crippen molar-refractivity contribution in [3.63, 3.8) is 0 Å². The molecule has 0 heterocycles. The van der Waals surface area contributed by atoms with E-state index in [0.717, 1.165) is 11.1 Å². The van der Waals surface area contributed by atoms with Gasteiger partial charge in [-0.15, -0.1) is 11.8 Å². The number of nitrogens with one attached hydrogen (secondary N) is 1. The zero-order valence-corrected chi connectivity index (χ0v) is 21.6. The van der Waals surface area contributed by atoms with Crippen molar-refractivity contribution in [1.29, 1.82) is 0 Å². The van der Waals surface area contributed by atoms with Crippen LogP contribution < -0.4 is 5.32 Å². The van der Waals surface area contributed by atoms with Crippen LogP contribution in [0.15, 0.2) is 42.5 Å². The lowest BCUT2D eigenvalue weighted by Gasteiger charge is -2.31. The molecule has 1 atom stereocenters. The lowest BCUT2D eigenvalue weighted by atomic mass is 10.1. The molecule has 2 rings (SSSR count). The van der Waals surface area contributed by atoms with Gasteiger partial charge in [0.15, 0.2) is 0 Å². The highest BCUT2D eigenvalue weighted by Crippen LogP contribution is 2.29. The van der Waals surface area contributed by atoms with Crippen LogP contribution in [0.2, 0.25) is 15.1 Å². The Morgan fingerprint density at radius 3 is 2.22 bits per heavy atom. The van der Waals surface area contributed by atoms with E-state index in [4.69, 9.17) is 34.8 Å². The number of nitrogens with zero attached hydrogens (tertiary/aromatic N) is 1. The van der Waals surface area contributed by atoms with Crippen molar-refractivity contribution in [3.05, 3.63) is 68.7 Å². The van der Waals surface area contributed by atoms with Crippen molar-refractivity contribution < 1.29 is 9.59 Å². The van der Waals surface area contributed by atoms with E-state index >= 15 is 0 Å². The third kappa shape index (κ3) is 7.87. The van der Waals surface area contributed by atoms with Crippen LogP contribution in [-0.2, 0) is 21.9 Å². The summed E-state index contributed by atoms with van der Waals surface area (Å²) in [6, 6.07) is 12.1. The molecule has 0 aromatic heterocycles. The summed E-state index contributed by atoms with van der Waals surface area (Å²) in [5.41, 5.74) is 1.60. The number of hydrogen-bond donors (Lipinski definition) is 1. The van der Waals surface area contributed by atoms with E-state index in [2.05, 4.69) is 5.32 Å². The van der Waals surface area contributed by atoms with Gasteiger partial charge in [0.2, 0.25) is 11.8 Å². The third-order valence-electron chi connectivity index (χ3n) is 4.90. The van der Waals surface area contributed by atoms with Gasteiger partial charge in [-0.3, -0.25) is 9.59 Å². The summed E-state index contributed by atoms with van der Waals surface area (Å²) in [5.74, 6) is 0.728. The number of rotatable bonds is 11. The number of thioether (sulfide) groups is 1. The maximum atomic E-state index is 13.3. The number of carbonyl (C=O) groups is 2. The molecule has 0 spiro atoms. The summed E-state index contributed by atoms with van der Waals surface area (Å²) in [6.45, 7) is 6.79. The first-order chi connectivity index (χ1) is 15.2.